The Labute approximate surface area is 150 Å². The van der Waals surface area contributed by atoms with Crippen LogP contribution in [0.15, 0.2) is 33.6 Å². The van der Waals surface area contributed by atoms with E-state index in [0.717, 1.165) is 11.3 Å². The van der Waals surface area contributed by atoms with Crippen molar-refractivity contribution in [3.8, 4) is 0 Å². The number of rotatable bonds is 5. The van der Waals surface area contributed by atoms with Crippen molar-refractivity contribution < 1.29 is 9.31 Å². The van der Waals surface area contributed by atoms with Crippen molar-refractivity contribution in [1.82, 2.24) is 4.90 Å². The fourth-order valence-corrected chi connectivity index (χ4v) is 3.53. The molecule has 3 rings (SSSR count). The van der Waals surface area contributed by atoms with Gasteiger partial charge in [-0.25, -0.2) is 4.40 Å². The molecule has 0 N–H and O–H groups in total. The third kappa shape index (κ3) is 3.66. The normalized spacial score (nSPS) is 27.7. The van der Waals surface area contributed by atoms with Crippen molar-refractivity contribution in [2.45, 2.75) is 61.9 Å². The third-order valence-corrected chi connectivity index (χ3v) is 5.89. The van der Waals surface area contributed by atoms with Crippen LogP contribution in [0.1, 0.15) is 45.6 Å². The van der Waals surface area contributed by atoms with Gasteiger partial charge in [-0.3, -0.25) is 0 Å². The van der Waals surface area contributed by atoms with Crippen LogP contribution in [-0.2, 0) is 9.31 Å². The summed E-state index contributed by atoms with van der Waals surface area (Å²) in [5, 5.41) is 0. The lowest BCUT2D eigenvalue weighted by Crippen LogP contribution is -2.41. The lowest BCUT2D eigenvalue weighted by molar-refractivity contribution is 0.00578. The van der Waals surface area contributed by atoms with E-state index in [2.05, 4.69) is 56.4 Å². The summed E-state index contributed by atoms with van der Waals surface area (Å²) in [4.78, 5) is 3.09. The van der Waals surface area contributed by atoms with Crippen molar-refractivity contribution in [3.63, 3.8) is 0 Å². The Bertz CT molecular complexity index is 600. The molecule has 0 aromatic heterocycles. The maximum absolute atomic E-state index is 6.19. The summed E-state index contributed by atoms with van der Waals surface area (Å²) in [6.07, 6.45) is 2.95. The Morgan fingerprint density at radius 3 is 2.25 bits per heavy atom. The second kappa shape index (κ2) is 6.39. The second-order valence-electron chi connectivity index (χ2n) is 7.98. The van der Waals surface area contributed by atoms with E-state index in [0.29, 0.717) is 11.7 Å². The van der Waals surface area contributed by atoms with Crippen LogP contribution in [0.5, 0.6) is 0 Å². The van der Waals surface area contributed by atoms with E-state index in [1.54, 1.807) is 0 Å². The highest BCUT2D eigenvalue weighted by atomic mass is 32.2. The average molecular weight is 346 g/mol. The SMILES string of the molecule is CN(C)C=NSc1ccc(C2CC2B2OC(C)(C)C(C)(C)O2)cc1. The zero-order chi connectivity index (χ0) is 17.5. The molecule has 1 aromatic carbocycles. The van der Waals surface area contributed by atoms with Gasteiger partial charge in [0.2, 0.25) is 0 Å². The quantitative estimate of drug-likeness (QED) is 0.346. The first-order valence-corrected chi connectivity index (χ1v) is 9.29. The van der Waals surface area contributed by atoms with Crippen LogP contribution in [-0.4, -0.2) is 43.7 Å². The van der Waals surface area contributed by atoms with Gasteiger partial charge in [0.05, 0.1) is 17.5 Å². The van der Waals surface area contributed by atoms with E-state index in [4.69, 9.17) is 9.31 Å². The van der Waals surface area contributed by atoms with E-state index in [1.807, 2.05) is 25.3 Å². The van der Waals surface area contributed by atoms with Gasteiger partial charge in [0.1, 0.15) is 0 Å². The largest absolute Gasteiger partial charge is 0.461 e. The van der Waals surface area contributed by atoms with Gasteiger partial charge < -0.3 is 14.2 Å². The molecular weight excluding hydrogens is 319 g/mol. The molecule has 1 aromatic rings. The highest BCUT2D eigenvalue weighted by Gasteiger charge is 2.59. The molecule has 130 valence electrons. The van der Waals surface area contributed by atoms with Crippen LogP contribution in [0, 0.1) is 0 Å². The van der Waals surface area contributed by atoms with Gasteiger partial charge in [-0.15, -0.1) is 0 Å². The molecule has 1 aliphatic heterocycles. The minimum atomic E-state index is -0.240. The first-order chi connectivity index (χ1) is 11.2. The Morgan fingerprint density at radius 2 is 1.71 bits per heavy atom. The molecular formula is C18H27BN2O2S. The topological polar surface area (TPSA) is 34.1 Å². The van der Waals surface area contributed by atoms with E-state index in [-0.39, 0.29) is 18.3 Å². The predicted octanol–water partition coefficient (Wildman–Crippen LogP) is 4.23. The zero-order valence-corrected chi connectivity index (χ0v) is 16.3. The molecule has 1 heterocycles. The van der Waals surface area contributed by atoms with Gasteiger partial charge in [0, 0.05) is 36.8 Å². The third-order valence-electron chi connectivity index (χ3n) is 5.21. The molecule has 0 amide bonds. The van der Waals surface area contributed by atoms with Gasteiger partial charge in [-0.05, 0) is 57.7 Å². The Balaban J connectivity index is 1.58. The van der Waals surface area contributed by atoms with Crippen LogP contribution >= 0.6 is 11.9 Å². The van der Waals surface area contributed by atoms with E-state index >= 15 is 0 Å². The zero-order valence-electron chi connectivity index (χ0n) is 15.4. The molecule has 2 fully saturated rings. The van der Waals surface area contributed by atoms with Crippen molar-refractivity contribution in [2.75, 3.05) is 14.1 Å². The summed E-state index contributed by atoms with van der Waals surface area (Å²) < 4.78 is 16.7. The highest BCUT2D eigenvalue weighted by Crippen LogP contribution is 2.58. The van der Waals surface area contributed by atoms with Crippen LogP contribution in [0.3, 0.4) is 0 Å². The molecule has 1 saturated carbocycles. The molecule has 2 atom stereocenters. The Hall–Kier alpha value is -0.975. The summed E-state index contributed by atoms with van der Waals surface area (Å²) >= 11 is 1.49. The first kappa shape index (κ1) is 17.8. The van der Waals surface area contributed by atoms with Crippen molar-refractivity contribution >= 4 is 25.4 Å². The smallest absolute Gasteiger partial charge is 0.403 e. The Morgan fingerprint density at radius 1 is 1.12 bits per heavy atom. The molecule has 1 aliphatic carbocycles. The minimum absolute atomic E-state index is 0.0845. The number of benzene rings is 1. The summed E-state index contributed by atoms with van der Waals surface area (Å²) in [5.41, 5.74) is 0.890. The second-order valence-corrected chi connectivity index (χ2v) is 8.84. The standard InChI is InChI=1S/C18H27BN2O2S/c1-17(2)18(3,4)23-19(22-17)16-11-15(16)13-7-9-14(10-8-13)24-20-12-21(5)6/h7-10,12,15-16H,11H2,1-6H3. The molecule has 4 nitrogen and oxygen atoms in total. The summed E-state index contributed by atoms with van der Waals surface area (Å²) in [6.45, 7) is 8.46. The van der Waals surface area contributed by atoms with Crippen molar-refractivity contribution in [2.24, 2.45) is 4.40 Å². The van der Waals surface area contributed by atoms with Crippen LogP contribution in [0.25, 0.3) is 0 Å². The highest BCUT2D eigenvalue weighted by molar-refractivity contribution is 7.98. The minimum Gasteiger partial charge on any atom is -0.403 e. The monoisotopic (exact) mass is 346 g/mol. The first-order valence-electron chi connectivity index (χ1n) is 8.52. The summed E-state index contributed by atoms with van der Waals surface area (Å²) in [6, 6.07) is 8.71. The maximum Gasteiger partial charge on any atom is 0.461 e. The fourth-order valence-electron chi connectivity index (χ4n) is 2.92. The molecule has 0 spiro atoms. The van der Waals surface area contributed by atoms with Gasteiger partial charge in [-0.2, -0.15) is 0 Å². The Kier molecular flexibility index (Phi) is 4.75. The number of hydrogen-bond acceptors (Lipinski definition) is 4. The molecule has 0 radical (unpaired) electrons. The van der Waals surface area contributed by atoms with E-state index < -0.39 is 0 Å². The van der Waals surface area contributed by atoms with Crippen LogP contribution in [0.4, 0.5) is 0 Å². The molecule has 24 heavy (non-hydrogen) atoms. The molecule has 6 heteroatoms. The molecule has 2 unspecified atom stereocenters. The fraction of sp³-hybridized carbons (Fsp3) is 0.611. The molecule has 2 aliphatic rings. The summed E-state index contributed by atoms with van der Waals surface area (Å²) in [7, 11) is 3.85. The van der Waals surface area contributed by atoms with Gasteiger partial charge in [0.25, 0.3) is 0 Å². The van der Waals surface area contributed by atoms with Crippen molar-refractivity contribution in [1.29, 1.82) is 0 Å². The van der Waals surface area contributed by atoms with Crippen molar-refractivity contribution in [3.05, 3.63) is 29.8 Å². The molecule has 1 saturated heterocycles. The average Bonchev–Trinajstić information content (AvgIpc) is 3.22. The predicted molar refractivity (Wildman–Crippen MR) is 102 cm³/mol. The van der Waals surface area contributed by atoms with Gasteiger partial charge in [-0.1, -0.05) is 12.1 Å². The van der Waals surface area contributed by atoms with Crippen LogP contribution in [0.2, 0.25) is 5.82 Å². The lowest BCUT2D eigenvalue weighted by Gasteiger charge is -2.32. The summed E-state index contributed by atoms with van der Waals surface area (Å²) in [5.74, 6) is 1.01. The number of nitrogens with zero attached hydrogens (tertiary/aromatic N) is 2. The number of hydrogen-bond donors (Lipinski definition) is 0. The van der Waals surface area contributed by atoms with E-state index in [1.165, 1.54) is 17.5 Å². The van der Waals surface area contributed by atoms with Gasteiger partial charge in [0.15, 0.2) is 0 Å². The van der Waals surface area contributed by atoms with Crippen LogP contribution < -0.4 is 0 Å². The molecule has 0 bridgehead atoms. The lowest BCUT2D eigenvalue weighted by atomic mass is 9.79. The van der Waals surface area contributed by atoms with E-state index in [9.17, 15) is 0 Å². The maximum atomic E-state index is 6.19. The van der Waals surface area contributed by atoms with Gasteiger partial charge >= 0.3 is 7.12 Å².